The fraction of sp³-hybridized carbons (Fsp3) is 0.360. The van der Waals surface area contributed by atoms with Gasteiger partial charge >= 0.3 is 0 Å². The number of methoxy groups -OCH3 is 1. The molecule has 0 aromatic heterocycles. The molecule has 1 amide bonds. The predicted octanol–water partition coefficient (Wildman–Crippen LogP) is 3.69. The van der Waals surface area contributed by atoms with Gasteiger partial charge in [0.05, 0.1) is 18.7 Å². The number of ether oxygens (including phenoxy) is 1. The first-order valence-electron chi connectivity index (χ1n) is 10.4. The molecule has 0 aliphatic carbocycles. The summed E-state index contributed by atoms with van der Waals surface area (Å²) in [6, 6.07) is 12.1. The minimum atomic E-state index is -0.668. The lowest BCUT2D eigenvalue weighted by atomic mass is 9.94. The van der Waals surface area contributed by atoms with Crippen LogP contribution in [0.2, 0.25) is 0 Å². The molecule has 1 heterocycles. The number of aliphatic hydroxyl groups is 1. The highest BCUT2D eigenvalue weighted by atomic mass is 16.5. The van der Waals surface area contributed by atoms with Gasteiger partial charge in [0.1, 0.15) is 11.5 Å². The Kier molecular flexibility index (Phi) is 6.81. The van der Waals surface area contributed by atoms with Crippen LogP contribution in [0.5, 0.6) is 5.75 Å². The minimum Gasteiger partial charge on any atom is -0.507 e. The number of aliphatic hydroxyl groups excluding tert-OH is 1. The van der Waals surface area contributed by atoms with Crippen LogP contribution in [0.1, 0.15) is 34.7 Å². The number of likely N-dealkylation sites (tertiary alicyclic amines) is 1. The number of amides is 1. The van der Waals surface area contributed by atoms with Crippen LogP contribution in [0.3, 0.4) is 0 Å². The first kappa shape index (κ1) is 22.6. The van der Waals surface area contributed by atoms with Gasteiger partial charge < -0.3 is 19.6 Å². The van der Waals surface area contributed by atoms with Crippen molar-refractivity contribution in [3.8, 4) is 5.75 Å². The third-order valence-corrected chi connectivity index (χ3v) is 5.73. The molecule has 1 aliphatic rings. The van der Waals surface area contributed by atoms with Gasteiger partial charge in [-0.25, -0.2) is 0 Å². The molecule has 1 unspecified atom stereocenters. The Balaban J connectivity index is 2.13. The van der Waals surface area contributed by atoms with Crippen molar-refractivity contribution in [2.24, 2.45) is 0 Å². The van der Waals surface area contributed by atoms with Gasteiger partial charge in [0.25, 0.3) is 11.7 Å². The standard InChI is InChI=1S/C25H30N2O4/c1-16-10-11-19(14-17(16)2)23(28)21-22(18-8-6-9-20(15-18)31-5)27(25(30)24(21)29)13-7-12-26(3)4/h6,8-11,14-15,22,28H,7,12-13H2,1-5H3/b23-21-. The van der Waals surface area contributed by atoms with Gasteiger partial charge in [0.15, 0.2) is 0 Å². The van der Waals surface area contributed by atoms with Crippen LogP contribution < -0.4 is 4.74 Å². The van der Waals surface area contributed by atoms with Crippen LogP contribution in [0.25, 0.3) is 5.76 Å². The third-order valence-electron chi connectivity index (χ3n) is 5.73. The quantitative estimate of drug-likeness (QED) is 0.419. The zero-order valence-corrected chi connectivity index (χ0v) is 18.8. The van der Waals surface area contributed by atoms with Crippen molar-refractivity contribution >= 4 is 17.4 Å². The summed E-state index contributed by atoms with van der Waals surface area (Å²) in [5.41, 5.74) is 3.47. The third kappa shape index (κ3) is 4.64. The minimum absolute atomic E-state index is 0.117. The monoisotopic (exact) mass is 422 g/mol. The Morgan fingerprint density at radius 3 is 2.48 bits per heavy atom. The van der Waals surface area contributed by atoms with Crippen LogP contribution >= 0.6 is 0 Å². The molecule has 1 N–H and O–H groups in total. The van der Waals surface area contributed by atoms with E-state index in [1.807, 2.05) is 69.2 Å². The summed E-state index contributed by atoms with van der Waals surface area (Å²) in [5.74, 6) is -0.766. The number of Topliss-reactive ketones (excluding diaryl/α,β-unsaturated/α-hetero) is 1. The van der Waals surface area contributed by atoms with Gasteiger partial charge in [-0.15, -0.1) is 0 Å². The van der Waals surface area contributed by atoms with E-state index in [9.17, 15) is 14.7 Å². The Labute approximate surface area is 183 Å². The molecule has 2 aromatic carbocycles. The molecular weight excluding hydrogens is 392 g/mol. The maximum Gasteiger partial charge on any atom is 0.295 e. The molecule has 0 saturated carbocycles. The van der Waals surface area contributed by atoms with Gasteiger partial charge in [0.2, 0.25) is 0 Å². The second-order valence-corrected chi connectivity index (χ2v) is 8.22. The summed E-state index contributed by atoms with van der Waals surface area (Å²) in [5, 5.41) is 11.2. The molecule has 1 aliphatic heterocycles. The molecule has 6 nitrogen and oxygen atoms in total. The zero-order valence-electron chi connectivity index (χ0n) is 18.8. The zero-order chi connectivity index (χ0) is 22.7. The highest BCUT2D eigenvalue weighted by molar-refractivity contribution is 6.46. The summed E-state index contributed by atoms with van der Waals surface area (Å²) in [6.45, 7) is 5.13. The Morgan fingerprint density at radius 1 is 1.10 bits per heavy atom. The lowest BCUT2D eigenvalue weighted by Crippen LogP contribution is -2.32. The van der Waals surface area contributed by atoms with E-state index in [0.717, 1.165) is 23.2 Å². The van der Waals surface area contributed by atoms with E-state index >= 15 is 0 Å². The number of ketones is 1. The summed E-state index contributed by atoms with van der Waals surface area (Å²) < 4.78 is 5.35. The van der Waals surface area contributed by atoms with Crippen molar-refractivity contribution in [3.05, 3.63) is 70.3 Å². The number of aryl methyl sites for hydroxylation is 2. The largest absolute Gasteiger partial charge is 0.507 e. The fourth-order valence-corrected chi connectivity index (χ4v) is 3.87. The molecule has 0 spiro atoms. The van der Waals surface area contributed by atoms with Crippen LogP contribution in [-0.2, 0) is 9.59 Å². The molecule has 31 heavy (non-hydrogen) atoms. The van der Waals surface area contributed by atoms with Crippen LogP contribution in [-0.4, -0.2) is 60.9 Å². The lowest BCUT2D eigenvalue weighted by Gasteiger charge is -2.26. The van der Waals surface area contributed by atoms with E-state index < -0.39 is 17.7 Å². The van der Waals surface area contributed by atoms with E-state index in [1.165, 1.54) is 0 Å². The SMILES string of the molecule is COc1cccc(C2/C(=C(/O)c3ccc(C)c(C)c3)C(=O)C(=O)N2CCCN(C)C)c1. The van der Waals surface area contributed by atoms with Crippen molar-refractivity contribution in [2.45, 2.75) is 26.3 Å². The summed E-state index contributed by atoms with van der Waals surface area (Å²) in [6.07, 6.45) is 0.712. The Hall–Kier alpha value is -3.12. The maximum absolute atomic E-state index is 13.1. The van der Waals surface area contributed by atoms with Gasteiger partial charge in [-0.3, -0.25) is 9.59 Å². The Bertz CT molecular complexity index is 1030. The van der Waals surface area contributed by atoms with Crippen LogP contribution in [0.15, 0.2) is 48.0 Å². The van der Waals surface area contributed by atoms with Crippen molar-refractivity contribution < 1.29 is 19.4 Å². The molecule has 0 radical (unpaired) electrons. The van der Waals surface area contributed by atoms with Gasteiger partial charge in [-0.05, 0) is 75.8 Å². The number of hydrogen-bond acceptors (Lipinski definition) is 5. The highest BCUT2D eigenvalue weighted by Crippen LogP contribution is 2.40. The van der Waals surface area contributed by atoms with E-state index in [-0.39, 0.29) is 11.3 Å². The molecule has 1 fully saturated rings. The number of carbonyl (C=O) groups excluding carboxylic acids is 2. The van der Waals surface area contributed by atoms with E-state index in [4.69, 9.17) is 4.74 Å². The summed E-state index contributed by atoms with van der Waals surface area (Å²) >= 11 is 0. The molecular formula is C25H30N2O4. The molecule has 2 aromatic rings. The van der Waals surface area contributed by atoms with E-state index in [1.54, 1.807) is 18.1 Å². The molecule has 6 heteroatoms. The van der Waals surface area contributed by atoms with E-state index in [0.29, 0.717) is 24.3 Å². The average molecular weight is 423 g/mol. The number of hydrogen-bond donors (Lipinski definition) is 1. The van der Waals surface area contributed by atoms with E-state index in [2.05, 4.69) is 0 Å². The molecule has 0 bridgehead atoms. The summed E-state index contributed by atoms with van der Waals surface area (Å²) in [7, 11) is 5.50. The average Bonchev–Trinajstić information content (AvgIpc) is 3.00. The van der Waals surface area contributed by atoms with Gasteiger partial charge in [-0.1, -0.05) is 24.3 Å². The number of carbonyl (C=O) groups is 2. The first-order valence-corrected chi connectivity index (χ1v) is 10.4. The van der Waals surface area contributed by atoms with Gasteiger partial charge in [-0.2, -0.15) is 0 Å². The van der Waals surface area contributed by atoms with Crippen molar-refractivity contribution in [2.75, 3.05) is 34.3 Å². The van der Waals surface area contributed by atoms with Crippen LogP contribution in [0.4, 0.5) is 0 Å². The van der Waals surface area contributed by atoms with Crippen molar-refractivity contribution in [1.82, 2.24) is 9.80 Å². The molecule has 3 rings (SSSR count). The van der Waals surface area contributed by atoms with Crippen LogP contribution in [0, 0.1) is 13.8 Å². The summed E-state index contributed by atoms with van der Waals surface area (Å²) in [4.78, 5) is 29.6. The molecule has 1 saturated heterocycles. The number of nitrogens with zero attached hydrogens (tertiary/aromatic N) is 2. The number of rotatable bonds is 7. The second kappa shape index (κ2) is 9.35. The lowest BCUT2D eigenvalue weighted by molar-refractivity contribution is -0.139. The predicted molar refractivity (Wildman–Crippen MR) is 121 cm³/mol. The smallest absolute Gasteiger partial charge is 0.295 e. The molecule has 164 valence electrons. The first-order chi connectivity index (χ1) is 14.7. The fourth-order valence-electron chi connectivity index (χ4n) is 3.87. The molecule has 1 atom stereocenters. The number of benzene rings is 2. The van der Waals surface area contributed by atoms with Crippen molar-refractivity contribution in [1.29, 1.82) is 0 Å². The normalized spacial score (nSPS) is 18.1. The highest BCUT2D eigenvalue weighted by Gasteiger charge is 2.45. The topological polar surface area (TPSA) is 70.1 Å². The maximum atomic E-state index is 13.1. The second-order valence-electron chi connectivity index (χ2n) is 8.22. The van der Waals surface area contributed by atoms with Gasteiger partial charge in [0, 0.05) is 12.1 Å². The Morgan fingerprint density at radius 2 is 1.84 bits per heavy atom. The van der Waals surface area contributed by atoms with Crippen molar-refractivity contribution in [3.63, 3.8) is 0 Å².